The molecule has 2 fully saturated rings. The van der Waals surface area contributed by atoms with E-state index in [4.69, 9.17) is 0 Å². The summed E-state index contributed by atoms with van der Waals surface area (Å²) >= 11 is 0. The Morgan fingerprint density at radius 2 is 2.10 bits per heavy atom. The third-order valence-corrected chi connectivity index (χ3v) is 4.70. The van der Waals surface area contributed by atoms with Crippen molar-refractivity contribution in [1.82, 2.24) is 15.5 Å². The largest absolute Gasteiger partial charge is 0.351 e. The van der Waals surface area contributed by atoms with Gasteiger partial charge in [-0.1, -0.05) is 13.0 Å². The number of piperidine rings is 1. The molecule has 2 rings (SSSR count). The van der Waals surface area contributed by atoms with E-state index in [1.165, 1.54) is 25.7 Å². The van der Waals surface area contributed by atoms with Gasteiger partial charge >= 0.3 is 0 Å². The van der Waals surface area contributed by atoms with Crippen molar-refractivity contribution in [2.45, 2.75) is 70.1 Å². The van der Waals surface area contributed by atoms with Crippen molar-refractivity contribution in [2.24, 2.45) is 0 Å². The molecule has 2 bridgehead atoms. The number of nitrogens with one attached hydrogen (secondary N) is 2. The Morgan fingerprint density at radius 1 is 1.45 bits per heavy atom. The summed E-state index contributed by atoms with van der Waals surface area (Å²) in [5.74, 6) is 0.129. The van der Waals surface area contributed by atoms with Crippen LogP contribution in [-0.4, -0.2) is 48.1 Å². The van der Waals surface area contributed by atoms with E-state index in [0.29, 0.717) is 24.7 Å². The molecular formula is C16H29N3O. The highest BCUT2D eigenvalue weighted by molar-refractivity contribution is 5.81. The van der Waals surface area contributed by atoms with Crippen LogP contribution in [0.4, 0.5) is 0 Å². The topological polar surface area (TPSA) is 44.4 Å². The van der Waals surface area contributed by atoms with Gasteiger partial charge in [0.05, 0.1) is 6.04 Å². The van der Waals surface area contributed by atoms with Gasteiger partial charge in [0.25, 0.3) is 0 Å². The number of fused-ring (bicyclic) bond motifs is 2. The number of rotatable bonds is 7. The molecule has 0 spiro atoms. The van der Waals surface area contributed by atoms with E-state index in [-0.39, 0.29) is 11.9 Å². The highest BCUT2D eigenvalue weighted by Crippen LogP contribution is 2.30. The normalized spacial score (nSPS) is 30.2. The third kappa shape index (κ3) is 3.61. The summed E-state index contributed by atoms with van der Waals surface area (Å²) in [7, 11) is 0. The number of carbonyl (C=O) groups is 1. The number of amides is 1. The van der Waals surface area contributed by atoms with E-state index in [1.54, 1.807) is 6.08 Å². The maximum atomic E-state index is 12.2. The molecule has 20 heavy (non-hydrogen) atoms. The number of hydrogen-bond donors (Lipinski definition) is 2. The Kier molecular flexibility index (Phi) is 5.61. The van der Waals surface area contributed by atoms with Crippen LogP contribution in [0.25, 0.3) is 0 Å². The Morgan fingerprint density at radius 3 is 2.65 bits per heavy atom. The van der Waals surface area contributed by atoms with Gasteiger partial charge in [0.15, 0.2) is 0 Å². The molecule has 114 valence electrons. The lowest BCUT2D eigenvalue weighted by molar-refractivity contribution is -0.127. The lowest BCUT2D eigenvalue weighted by Crippen LogP contribution is -2.55. The summed E-state index contributed by atoms with van der Waals surface area (Å²) < 4.78 is 0. The van der Waals surface area contributed by atoms with Crippen molar-refractivity contribution < 1.29 is 4.79 Å². The summed E-state index contributed by atoms with van der Waals surface area (Å²) in [6.45, 7) is 9.45. The fraction of sp³-hybridized carbons (Fsp3) is 0.812. The van der Waals surface area contributed by atoms with Crippen LogP contribution < -0.4 is 10.6 Å². The van der Waals surface area contributed by atoms with E-state index in [9.17, 15) is 4.79 Å². The van der Waals surface area contributed by atoms with Crippen LogP contribution in [0.3, 0.4) is 0 Å². The average Bonchev–Trinajstić information content (AvgIpc) is 2.80. The first-order valence-electron chi connectivity index (χ1n) is 8.06. The summed E-state index contributed by atoms with van der Waals surface area (Å²) in [4.78, 5) is 14.6. The molecule has 0 aromatic heterocycles. The summed E-state index contributed by atoms with van der Waals surface area (Å²) in [6, 6.07) is 1.85. The van der Waals surface area contributed by atoms with E-state index >= 15 is 0 Å². The number of hydrogen-bond acceptors (Lipinski definition) is 3. The van der Waals surface area contributed by atoms with Crippen LogP contribution in [0.15, 0.2) is 12.7 Å². The van der Waals surface area contributed by atoms with E-state index in [1.807, 2.05) is 6.92 Å². The van der Waals surface area contributed by atoms with Crippen molar-refractivity contribution in [2.75, 3.05) is 13.1 Å². The van der Waals surface area contributed by atoms with Crippen molar-refractivity contribution in [3.05, 3.63) is 12.7 Å². The SMILES string of the molecule is C=CCNC(=O)C(C)N(CCC)C1CC2CCC(C1)N2. The summed E-state index contributed by atoms with van der Waals surface area (Å²) in [5.41, 5.74) is 0. The number of nitrogens with zero attached hydrogens (tertiary/aromatic N) is 1. The first kappa shape index (κ1) is 15.5. The predicted molar refractivity (Wildman–Crippen MR) is 82.6 cm³/mol. The lowest BCUT2D eigenvalue weighted by Gasteiger charge is -2.40. The van der Waals surface area contributed by atoms with Crippen LogP contribution in [0, 0.1) is 0 Å². The Labute approximate surface area is 123 Å². The molecule has 2 aliphatic rings. The Balaban J connectivity index is 1.98. The van der Waals surface area contributed by atoms with Crippen LogP contribution in [0.1, 0.15) is 46.0 Å². The molecule has 3 atom stereocenters. The zero-order valence-electron chi connectivity index (χ0n) is 12.9. The van der Waals surface area contributed by atoms with Gasteiger partial charge in [0.1, 0.15) is 0 Å². The van der Waals surface area contributed by atoms with Crippen molar-refractivity contribution in [3.8, 4) is 0 Å². The molecular weight excluding hydrogens is 250 g/mol. The molecule has 2 N–H and O–H groups in total. The average molecular weight is 279 g/mol. The molecule has 1 amide bonds. The van der Waals surface area contributed by atoms with Gasteiger partial charge in [-0.05, 0) is 45.6 Å². The summed E-state index contributed by atoms with van der Waals surface area (Å²) in [5, 5.41) is 6.61. The lowest BCUT2D eigenvalue weighted by atomic mass is 9.96. The molecule has 0 aliphatic carbocycles. The minimum atomic E-state index is -0.0441. The van der Waals surface area contributed by atoms with Gasteiger partial charge in [-0.3, -0.25) is 9.69 Å². The zero-order valence-corrected chi connectivity index (χ0v) is 12.9. The first-order chi connectivity index (χ1) is 9.65. The second-order valence-electron chi connectivity index (χ2n) is 6.21. The van der Waals surface area contributed by atoms with E-state index in [0.717, 1.165) is 13.0 Å². The molecule has 0 radical (unpaired) electrons. The smallest absolute Gasteiger partial charge is 0.237 e. The monoisotopic (exact) mass is 279 g/mol. The van der Waals surface area contributed by atoms with Gasteiger partial charge in [-0.15, -0.1) is 6.58 Å². The quantitative estimate of drug-likeness (QED) is 0.697. The van der Waals surface area contributed by atoms with Gasteiger partial charge < -0.3 is 10.6 Å². The molecule has 2 saturated heterocycles. The van der Waals surface area contributed by atoms with Crippen LogP contribution in [0.2, 0.25) is 0 Å². The maximum Gasteiger partial charge on any atom is 0.237 e. The molecule has 0 aromatic rings. The van der Waals surface area contributed by atoms with Gasteiger partial charge in [0, 0.05) is 24.7 Å². The Bertz CT molecular complexity index is 333. The fourth-order valence-corrected chi connectivity index (χ4v) is 3.72. The molecule has 0 saturated carbocycles. The molecule has 2 aliphatic heterocycles. The molecule has 2 heterocycles. The molecule has 4 nitrogen and oxygen atoms in total. The summed E-state index contributed by atoms with van der Waals surface area (Å²) in [6.07, 6.45) is 7.82. The molecule has 4 heteroatoms. The van der Waals surface area contributed by atoms with E-state index in [2.05, 4.69) is 29.0 Å². The third-order valence-electron chi connectivity index (χ3n) is 4.70. The van der Waals surface area contributed by atoms with Gasteiger partial charge in [-0.2, -0.15) is 0 Å². The minimum Gasteiger partial charge on any atom is -0.351 e. The zero-order chi connectivity index (χ0) is 14.5. The predicted octanol–water partition coefficient (Wildman–Crippen LogP) is 1.67. The van der Waals surface area contributed by atoms with Crippen molar-refractivity contribution in [3.63, 3.8) is 0 Å². The first-order valence-corrected chi connectivity index (χ1v) is 8.06. The second kappa shape index (κ2) is 7.23. The van der Waals surface area contributed by atoms with Gasteiger partial charge in [0.2, 0.25) is 5.91 Å². The van der Waals surface area contributed by atoms with Crippen molar-refractivity contribution in [1.29, 1.82) is 0 Å². The highest BCUT2D eigenvalue weighted by atomic mass is 16.2. The van der Waals surface area contributed by atoms with Crippen molar-refractivity contribution >= 4 is 5.91 Å². The number of carbonyl (C=O) groups excluding carboxylic acids is 1. The standard InChI is InChI=1S/C16H29N3O/c1-4-8-17-16(20)12(3)19(9-5-2)15-10-13-6-7-14(11-15)18-13/h4,12-15,18H,1,5-11H2,2-3H3,(H,17,20). The maximum absolute atomic E-state index is 12.2. The highest BCUT2D eigenvalue weighted by Gasteiger charge is 2.38. The second-order valence-corrected chi connectivity index (χ2v) is 6.21. The Hall–Kier alpha value is -0.870. The van der Waals surface area contributed by atoms with E-state index < -0.39 is 0 Å². The van der Waals surface area contributed by atoms with Gasteiger partial charge in [-0.25, -0.2) is 0 Å². The van der Waals surface area contributed by atoms with Crippen LogP contribution >= 0.6 is 0 Å². The van der Waals surface area contributed by atoms with Crippen LogP contribution in [-0.2, 0) is 4.79 Å². The van der Waals surface area contributed by atoms with Crippen LogP contribution in [0.5, 0.6) is 0 Å². The molecule has 3 unspecified atom stereocenters. The molecule has 0 aromatic carbocycles. The fourth-order valence-electron chi connectivity index (χ4n) is 3.72. The minimum absolute atomic E-state index is 0.0441.